The van der Waals surface area contributed by atoms with E-state index in [4.69, 9.17) is 4.74 Å². The second-order valence-electron chi connectivity index (χ2n) is 12.1. The Bertz CT molecular complexity index is 2220. The van der Waals surface area contributed by atoms with E-state index in [2.05, 4.69) is 77.2 Å². The Hall–Kier alpha value is -5.40. The largest absolute Gasteiger partial charge is 0.453 e. The van der Waals surface area contributed by atoms with E-state index in [0.29, 0.717) is 5.69 Å². The maximum atomic E-state index is 13.4. The number of benzene rings is 5. The molecule has 226 valence electrons. The van der Waals surface area contributed by atoms with Gasteiger partial charge in [-0.05, 0) is 90.8 Å². The quantitative estimate of drug-likeness (QED) is 0.195. The zero-order valence-corrected chi connectivity index (χ0v) is 26.5. The molecule has 2 aliphatic rings. The molecule has 0 aliphatic carbocycles. The van der Waals surface area contributed by atoms with E-state index in [-0.39, 0.29) is 15.3 Å². The van der Waals surface area contributed by atoms with Crippen LogP contribution in [-0.2, 0) is 15.3 Å². The molecular formula is C39H31N3O3S. The SMILES string of the molecule is Cc1nc(S(=O)(=O)c2ccccc2)ccc1N1c2ccccc2C(C)(C)c2cc(N3c4ccccc4Oc4ccccc43)ccc21. The first-order chi connectivity index (χ1) is 22.2. The van der Waals surface area contributed by atoms with Gasteiger partial charge in [-0.2, -0.15) is 0 Å². The lowest BCUT2D eigenvalue weighted by Crippen LogP contribution is -2.31. The third-order valence-electron chi connectivity index (χ3n) is 9.01. The van der Waals surface area contributed by atoms with Gasteiger partial charge in [0.05, 0.1) is 39.0 Å². The summed E-state index contributed by atoms with van der Waals surface area (Å²) < 4.78 is 33.1. The summed E-state index contributed by atoms with van der Waals surface area (Å²) in [5, 5.41) is 0.0331. The summed E-state index contributed by atoms with van der Waals surface area (Å²) in [6.07, 6.45) is 0. The van der Waals surface area contributed by atoms with E-state index in [0.717, 1.165) is 51.2 Å². The van der Waals surface area contributed by atoms with Crippen molar-refractivity contribution >= 4 is 44.0 Å². The molecule has 6 nitrogen and oxygen atoms in total. The van der Waals surface area contributed by atoms with E-state index in [1.807, 2.05) is 55.5 Å². The van der Waals surface area contributed by atoms with Crippen LogP contribution in [-0.4, -0.2) is 13.4 Å². The monoisotopic (exact) mass is 621 g/mol. The lowest BCUT2D eigenvalue weighted by atomic mass is 9.73. The van der Waals surface area contributed by atoms with Crippen molar-refractivity contribution < 1.29 is 13.2 Å². The summed E-state index contributed by atoms with van der Waals surface area (Å²) in [4.78, 5) is 9.36. The zero-order chi connectivity index (χ0) is 31.6. The Kier molecular flexibility index (Phi) is 6.31. The van der Waals surface area contributed by atoms with Gasteiger partial charge in [-0.25, -0.2) is 13.4 Å². The molecule has 0 fully saturated rings. The van der Waals surface area contributed by atoms with Gasteiger partial charge in [0.15, 0.2) is 16.5 Å². The topological polar surface area (TPSA) is 62.7 Å². The summed E-state index contributed by atoms with van der Waals surface area (Å²) in [5.41, 5.74) is 8.46. The number of anilines is 6. The first-order valence-electron chi connectivity index (χ1n) is 15.2. The lowest BCUT2D eigenvalue weighted by Gasteiger charge is -2.43. The van der Waals surface area contributed by atoms with Gasteiger partial charge in [0.2, 0.25) is 9.84 Å². The predicted octanol–water partition coefficient (Wildman–Crippen LogP) is 9.91. The van der Waals surface area contributed by atoms with Gasteiger partial charge in [-0.3, -0.25) is 0 Å². The number of aryl methyl sites for hydroxylation is 1. The van der Waals surface area contributed by atoms with Crippen LogP contribution in [0.15, 0.2) is 143 Å². The highest BCUT2D eigenvalue weighted by molar-refractivity contribution is 7.91. The number of para-hydroxylation sites is 5. The van der Waals surface area contributed by atoms with Gasteiger partial charge in [0.25, 0.3) is 0 Å². The molecule has 3 heterocycles. The second-order valence-corrected chi connectivity index (χ2v) is 14.0. The Balaban J connectivity index is 1.30. The zero-order valence-electron chi connectivity index (χ0n) is 25.7. The number of fused-ring (bicyclic) bond motifs is 4. The van der Waals surface area contributed by atoms with Crippen LogP contribution in [0.2, 0.25) is 0 Å². The number of hydrogen-bond acceptors (Lipinski definition) is 6. The van der Waals surface area contributed by atoms with Gasteiger partial charge in [0.1, 0.15) is 0 Å². The smallest absolute Gasteiger partial charge is 0.223 e. The summed E-state index contributed by atoms with van der Waals surface area (Å²) >= 11 is 0. The molecule has 5 aromatic carbocycles. The van der Waals surface area contributed by atoms with Crippen LogP contribution in [0, 0.1) is 6.92 Å². The molecule has 0 spiro atoms. The van der Waals surface area contributed by atoms with Crippen LogP contribution in [0.4, 0.5) is 34.1 Å². The minimum atomic E-state index is -3.76. The van der Waals surface area contributed by atoms with Crippen molar-refractivity contribution in [1.82, 2.24) is 4.98 Å². The Labute approximate surface area is 269 Å². The molecular weight excluding hydrogens is 591 g/mol. The maximum Gasteiger partial charge on any atom is 0.223 e. The Morgan fingerprint density at radius 1 is 0.587 bits per heavy atom. The van der Waals surface area contributed by atoms with Crippen molar-refractivity contribution in [2.45, 2.75) is 36.1 Å². The average molecular weight is 622 g/mol. The molecule has 0 radical (unpaired) electrons. The number of rotatable bonds is 4. The van der Waals surface area contributed by atoms with Crippen molar-refractivity contribution in [3.8, 4) is 11.5 Å². The minimum Gasteiger partial charge on any atom is -0.453 e. The highest BCUT2D eigenvalue weighted by atomic mass is 32.2. The van der Waals surface area contributed by atoms with E-state index in [1.54, 1.807) is 36.4 Å². The summed E-state index contributed by atoms with van der Waals surface area (Å²) in [7, 11) is -3.76. The van der Waals surface area contributed by atoms with Gasteiger partial charge < -0.3 is 14.5 Å². The van der Waals surface area contributed by atoms with Gasteiger partial charge >= 0.3 is 0 Å². The molecule has 0 saturated heterocycles. The van der Waals surface area contributed by atoms with Crippen molar-refractivity contribution in [2.24, 2.45) is 0 Å². The first kappa shape index (κ1) is 28.1. The first-order valence-corrected chi connectivity index (χ1v) is 16.7. The predicted molar refractivity (Wildman–Crippen MR) is 182 cm³/mol. The number of aromatic nitrogens is 1. The average Bonchev–Trinajstić information content (AvgIpc) is 3.08. The number of ether oxygens (including phenoxy) is 1. The molecule has 7 heteroatoms. The number of nitrogens with zero attached hydrogens (tertiary/aromatic N) is 3. The van der Waals surface area contributed by atoms with E-state index in [1.165, 1.54) is 5.56 Å². The fourth-order valence-electron chi connectivity index (χ4n) is 6.71. The van der Waals surface area contributed by atoms with Crippen molar-refractivity contribution in [1.29, 1.82) is 0 Å². The van der Waals surface area contributed by atoms with Crippen LogP contribution in [0.25, 0.3) is 0 Å². The van der Waals surface area contributed by atoms with E-state index in [9.17, 15) is 8.42 Å². The van der Waals surface area contributed by atoms with Gasteiger partial charge in [-0.1, -0.05) is 74.5 Å². The van der Waals surface area contributed by atoms with Gasteiger partial charge in [0, 0.05) is 11.1 Å². The summed E-state index contributed by atoms with van der Waals surface area (Å²) in [6, 6.07) is 43.1. The third kappa shape index (κ3) is 4.23. The molecule has 0 bridgehead atoms. The number of pyridine rings is 1. The number of hydrogen-bond donors (Lipinski definition) is 0. The Morgan fingerprint density at radius 3 is 1.83 bits per heavy atom. The van der Waals surface area contributed by atoms with Crippen molar-refractivity contribution in [2.75, 3.05) is 9.80 Å². The van der Waals surface area contributed by atoms with Crippen LogP contribution in [0.5, 0.6) is 11.5 Å². The minimum absolute atomic E-state index is 0.0331. The van der Waals surface area contributed by atoms with E-state index < -0.39 is 9.84 Å². The Morgan fingerprint density at radius 2 is 1.15 bits per heavy atom. The van der Waals surface area contributed by atoms with Crippen LogP contribution >= 0.6 is 0 Å². The highest BCUT2D eigenvalue weighted by Crippen LogP contribution is 2.55. The lowest BCUT2D eigenvalue weighted by molar-refractivity contribution is 0.477. The molecule has 0 saturated carbocycles. The van der Waals surface area contributed by atoms with Crippen molar-refractivity contribution in [3.05, 3.63) is 150 Å². The van der Waals surface area contributed by atoms with Crippen LogP contribution in [0.1, 0.15) is 30.7 Å². The molecule has 6 aromatic rings. The molecule has 2 aliphatic heterocycles. The molecule has 8 rings (SSSR count). The fraction of sp³-hybridized carbons (Fsp3) is 0.103. The fourth-order valence-corrected chi connectivity index (χ4v) is 7.97. The second kappa shape index (κ2) is 10.3. The van der Waals surface area contributed by atoms with Gasteiger partial charge in [-0.15, -0.1) is 0 Å². The molecule has 0 atom stereocenters. The molecule has 46 heavy (non-hydrogen) atoms. The van der Waals surface area contributed by atoms with Crippen LogP contribution in [0.3, 0.4) is 0 Å². The molecule has 0 N–H and O–H groups in total. The maximum absolute atomic E-state index is 13.4. The summed E-state index contributed by atoms with van der Waals surface area (Å²) in [5.74, 6) is 1.61. The molecule has 1 aromatic heterocycles. The van der Waals surface area contributed by atoms with E-state index >= 15 is 0 Å². The van der Waals surface area contributed by atoms with Crippen molar-refractivity contribution in [3.63, 3.8) is 0 Å². The van der Waals surface area contributed by atoms with Crippen LogP contribution < -0.4 is 14.5 Å². The standard InChI is InChI=1S/C39H31N3O3S/c1-26-31(23-24-38(40-26)46(43,44)28-13-5-4-6-14-28)42-32-16-8-7-15-29(32)39(2,3)30-25-27(21-22-33(30)42)41-34-17-9-11-19-36(34)45-37-20-12-10-18-35(37)41/h4-25H,1-3H3. The highest BCUT2D eigenvalue weighted by Gasteiger charge is 2.38. The molecule has 0 amide bonds. The third-order valence-corrected chi connectivity index (χ3v) is 10.7. The normalized spacial score (nSPS) is 14.4. The summed E-state index contributed by atoms with van der Waals surface area (Å²) in [6.45, 7) is 6.39. The number of sulfone groups is 1. The molecule has 0 unspecified atom stereocenters.